The molecular formula is C30H24O10. The van der Waals surface area contributed by atoms with Gasteiger partial charge in [0.2, 0.25) is 0 Å². The van der Waals surface area contributed by atoms with Gasteiger partial charge in [0.1, 0.15) is 68.6 Å². The fraction of sp³-hybridized carbons (Fsp3) is 0.200. The second-order valence-electron chi connectivity index (χ2n) is 10.2. The molecule has 1 aromatic heterocycles. The first-order valence-corrected chi connectivity index (χ1v) is 12.4. The number of Topliss-reactive ketones (excluding diaryl/α,β-unsaturated/α-hetero) is 1. The number of ether oxygens (including phenoxy) is 1. The number of carbonyl (C=O) groups is 1. The molecule has 0 radical (unpaired) electrons. The molecule has 5 aromatic rings. The first-order valence-electron chi connectivity index (χ1n) is 12.4. The van der Waals surface area contributed by atoms with Gasteiger partial charge in [-0.25, -0.2) is 0 Å². The number of ketones is 1. The summed E-state index contributed by atoms with van der Waals surface area (Å²) in [7, 11) is 0. The number of aryl methyl sites for hydroxylation is 1. The van der Waals surface area contributed by atoms with Gasteiger partial charge in [0.05, 0.1) is 16.7 Å². The van der Waals surface area contributed by atoms with Crippen LogP contribution in [0.5, 0.6) is 40.2 Å². The van der Waals surface area contributed by atoms with Gasteiger partial charge in [-0.2, -0.15) is 0 Å². The highest BCUT2D eigenvalue weighted by atomic mass is 16.5. The van der Waals surface area contributed by atoms with Crippen molar-refractivity contribution < 1.29 is 44.6 Å². The van der Waals surface area contributed by atoms with Gasteiger partial charge in [0.25, 0.3) is 0 Å². The summed E-state index contributed by atoms with van der Waals surface area (Å²) in [6, 6.07) is 4.46. The number of phenols is 5. The molecule has 10 heteroatoms. The molecule has 0 amide bonds. The molecule has 204 valence electrons. The van der Waals surface area contributed by atoms with Crippen molar-refractivity contribution >= 4 is 38.3 Å². The molecule has 0 fully saturated rings. The number of fused-ring (bicyclic) bond motifs is 4. The predicted octanol–water partition coefficient (Wildman–Crippen LogP) is 5.22. The first kappa shape index (κ1) is 25.2. The van der Waals surface area contributed by atoms with Crippen molar-refractivity contribution in [2.45, 2.75) is 33.8 Å². The highest BCUT2D eigenvalue weighted by Gasteiger charge is 2.36. The van der Waals surface area contributed by atoms with Gasteiger partial charge in [-0.05, 0) is 32.9 Å². The van der Waals surface area contributed by atoms with E-state index in [4.69, 9.17) is 9.15 Å². The van der Waals surface area contributed by atoms with Gasteiger partial charge in [-0.1, -0.05) is 6.92 Å². The monoisotopic (exact) mass is 544 g/mol. The molecule has 4 aromatic carbocycles. The van der Waals surface area contributed by atoms with Crippen LogP contribution in [0.1, 0.15) is 35.5 Å². The Kier molecular flexibility index (Phi) is 5.15. The summed E-state index contributed by atoms with van der Waals surface area (Å²) in [4.78, 5) is 26.5. The fourth-order valence-corrected chi connectivity index (χ4v) is 5.52. The van der Waals surface area contributed by atoms with Crippen LogP contribution in [0.3, 0.4) is 0 Å². The van der Waals surface area contributed by atoms with E-state index < -0.39 is 52.0 Å². The minimum absolute atomic E-state index is 0.00158. The summed E-state index contributed by atoms with van der Waals surface area (Å²) in [5, 5.41) is 65.0. The maximum Gasteiger partial charge on any atom is 0.190 e. The summed E-state index contributed by atoms with van der Waals surface area (Å²) in [5.74, 6) is -3.74. The van der Waals surface area contributed by atoms with Gasteiger partial charge in [0.15, 0.2) is 11.2 Å². The average molecular weight is 545 g/mol. The SMILES string of the molecule is Cc1oc2cc3c(-c4c(O)cc(O)c5c(O)c6c(cc45)O[C@@H](C)[C@@H](C)C6=O)c(=O)cc(O)c3c(O)c2c(O)c1C. The van der Waals surface area contributed by atoms with Gasteiger partial charge >= 0.3 is 0 Å². The van der Waals surface area contributed by atoms with Crippen LogP contribution in [0.4, 0.5) is 0 Å². The van der Waals surface area contributed by atoms with Crippen LogP contribution in [0, 0.1) is 19.8 Å². The number of carbonyl (C=O) groups excluding carboxylic acids is 1. The topological polar surface area (TPSA) is 178 Å². The lowest BCUT2D eigenvalue weighted by Crippen LogP contribution is -2.33. The zero-order valence-corrected chi connectivity index (χ0v) is 21.8. The molecule has 0 bridgehead atoms. The van der Waals surface area contributed by atoms with E-state index in [1.807, 2.05) is 0 Å². The Morgan fingerprint density at radius 3 is 2.00 bits per heavy atom. The number of rotatable bonds is 1. The molecule has 0 spiro atoms. The second kappa shape index (κ2) is 8.19. The molecule has 10 nitrogen and oxygen atoms in total. The molecule has 40 heavy (non-hydrogen) atoms. The van der Waals surface area contributed by atoms with Crippen molar-refractivity contribution in [1.82, 2.24) is 0 Å². The molecule has 6 rings (SSSR count). The van der Waals surface area contributed by atoms with E-state index in [1.54, 1.807) is 27.7 Å². The van der Waals surface area contributed by atoms with Crippen LogP contribution in [0.2, 0.25) is 0 Å². The Balaban J connectivity index is 1.82. The number of aromatic hydroxyl groups is 6. The Labute approximate surface area is 225 Å². The molecule has 0 saturated heterocycles. The summed E-state index contributed by atoms with van der Waals surface area (Å²) in [6.07, 6.45) is -0.542. The van der Waals surface area contributed by atoms with E-state index in [2.05, 4.69) is 0 Å². The standard InChI is InChI=1S/C30H24O10/c1-9-11(3)39-19-5-13-21(15(31)7-17(33)23(13)29(37)25(19)27(9)35)22-14-6-20-26(28(36)10(2)12(4)40-20)30(38)24(14)18(34)8-16(22)32/h5-9,11,31,33-34,36-38H,1-4H3/t9-,11+/m1/s1. The van der Waals surface area contributed by atoms with Gasteiger partial charge < -0.3 is 39.8 Å². The number of phenolic OH excluding ortho intramolecular Hbond substituents is 5. The van der Waals surface area contributed by atoms with Crippen LogP contribution in [0.25, 0.3) is 43.6 Å². The lowest BCUT2D eigenvalue weighted by molar-refractivity contribution is 0.0726. The maximum atomic E-state index is 13.4. The predicted molar refractivity (Wildman–Crippen MR) is 146 cm³/mol. The van der Waals surface area contributed by atoms with E-state index in [0.29, 0.717) is 11.3 Å². The van der Waals surface area contributed by atoms with Crippen LogP contribution < -0.4 is 10.2 Å². The van der Waals surface area contributed by atoms with Crippen LogP contribution in [-0.4, -0.2) is 42.5 Å². The molecule has 2 heterocycles. The lowest BCUT2D eigenvalue weighted by Gasteiger charge is -2.29. The minimum atomic E-state index is -0.768. The summed E-state index contributed by atoms with van der Waals surface area (Å²) in [6.45, 7) is 6.53. The summed E-state index contributed by atoms with van der Waals surface area (Å²) >= 11 is 0. The second-order valence-corrected chi connectivity index (χ2v) is 10.2. The van der Waals surface area contributed by atoms with Gasteiger partial charge in [-0.15, -0.1) is 0 Å². The number of benzene rings is 4. The van der Waals surface area contributed by atoms with Crippen molar-refractivity contribution in [3.05, 3.63) is 51.4 Å². The fourth-order valence-electron chi connectivity index (χ4n) is 5.52. The van der Waals surface area contributed by atoms with Crippen LogP contribution in [0.15, 0.2) is 33.5 Å². The molecule has 2 atom stereocenters. The highest BCUT2D eigenvalue weighted by Crippen LogP contribution is 2.52. The Morgan fingerprint density at radius 2 is 1.30 bits per heavy atom. The third kappa shape index (κ3) is 3.16. The molecule has 0 aliphatic carbocycles. The zero-order chi connectivity index (χ0) is 28.9. The van der Waals surface area contributed by atoms with E-state index in [1.165, 1.54) is 12.1 Å². The van der Waals surface area contributed by atoms with Crippen molar-refractivity contribution in [3.63, 3.8) is 0 Å². The van der Waals surface area contributed by atoms with Crippen LogP contribution >= 0.6 is 0 Å². The highest BCUT2D eigenvalue weighted by molar-refractivity contribution is 6.19. The minimum Gasteiger partial charge on any atom is -0.507 e. The summed E-state index contributed by atoms with van der Waals surface area (Å²) < 4.78 is 11.7. The van der Waals surface area contributed by atoms with Crippen molar-refractivity contribution in [1.29, 1.82) is 0 Å². The average Bonchev–Trinajstić information content (AvgIpc) is 2.86. The molecule has 0 unspecified atom stereocenters. The molecule has 0 saturated carbocycles. The van der Waals surface area contributed by atoms with Gasteiger partial charge in [0, 0.05) is 39.6 Å². The quantitative estimate of drug-likeness (QED) is 0.153. The molecule has 1 aliphatic rings. The van der Waals surface area contributed by atoms with E-state index in [0.717, 1.165) is 12.1 Å². The van der Waals surface area contributed by atoms with E-state index in [9.17, 15) is 40.2 Å². The normalized spacial score (nSPS) is 16.9. The molecule has 6 N–H and O–H groups in total. The van der Waals surface area contributed by atoms with Gasteiger partial charge in [-0.3, -0.25) is 9.59 Å². The number of hydrogen-bond donors (Lipinski definition) is 6. The Morgan fingerprint density at radius 1 is 0.675 bits per heavy atom. The van der Waals surface area contributed by atoms with Crippen molar-refractivity contribution in [3.8, 4) is 51.4 Å². The third-order valence-electron chi connectivity index (χ3n) is 7.93. The molecular weight excluding hydrogens is 520 g/mol. The largest absolute Gasteiger partial charge is 0.507 e. The Bertz CT molecular complexity index is 2040. The lowest BCUT2D eigenvalue weighted by atomic mass is 9.86. The summed E-state index contributed by atoms with van der Waals surface area (Å²) in [5.41, 5.74) is -0.903. The first-order chi connectivity index (χ1) is 18.8. The van der Waals surface area contributed by atoms with E-state index in [-0.39, 0.29) is 60.7 Å². The number of hydrogen-bond acceptors (Lipinski definition) is 10. The van der Waals surface area contributed by atoms with Crippen molar-refractivity contribution in [2.24, 2.45) is 5.92 Å². The third-order valence-corrected chi connectivity index (χ3v) is 7.93. The molecule has 1 aliphatic heterocycles. The zero-order valence-electron chi connectivity index (χ0n) is 21.8. The van der Waals surface area contributed by atoms with Crippen molar-refractivity contribution in [2.75, 3.05) is 0 Å². The maximum absolute atomic E-state index is 13.4. The smallest absolute Gasteiger partial charge is 0.190 e. The van der Waals surface area contributed by atoms with E-state index >= 15 is 0 Å². The van der Waals surface area contributed by atoms with Crippen LogP contribution in [-0.2, 0) is 0 Å². The Hall–Kier alpha value is -5.12.